The van der Waals surface area contributed by atoms with Crippen LogP contribution in [0.15, 0.2) is 18.2 Å². The van der Waals surface area contributed by atoms with Crippen molar-refractivity contribution >= 4 is 5.91 Å². The Bertz CT molecular complexity index is 436. The Labute approximate surface area is 115 Å². The van der Waals surface area contributed by atoms with Gasteiger partial charge in [0.05, 0.1) is 0 Å². The van der Waals surface area contributed by atoms with Gasteiger partial charge in [0.2, 0.25) is 0 Å². The highest BCUT2D eigenvalue weighted by Crippen LogP contribution is 2.20. The van der Waals surface area contributed by atoms with Crippen LogP contribution in [0.25, 0.3) is 0 Å². The minimum atomic E-state index is -0.242. The molecule has 0 atom stereocenters. The van der Waals surface area contributed by atoms with Crippen molar-refractivity contribution in [1.29, 1.82) is 0 Å². The Morgan fingerprint density at radius 3 is 2.63 bits per heavy atom. The highest BCUT2D eigenvalue weighted by molar-refractivity contribution is 5.78. The van der Waals surface area contributed by atoms with Crippen molar-refractivity contribution in [3.8, 4) is 5.75 Å². The van der Waals surface area contributed by atoms with E-state index in [1.54, 1.807) is 0 Å². The summed E-state index contributed by atoms with van der Waals surface area (Å²) in [4.78, 5) is 11.7. The van der Waals surface area contributed by atoms with Crippen LogP contribution in [0.5, 0.6) is 5.75 Å². The van der Waals surface area contributed by atoms with E-state index >= 15 is 0 Å². The van der Waals surface area contributed by atoms with E-state index in [1.807, 2.05) is 45.9 Å². The van der Waals surface area contributed by atoms with E-state index in [0.717, 1.165) is 23.3 Å². The summed E-state index contributed by atoms with van der Waals surface area (Å²) >= 11 is 0. The summed E-state index contributed by atoms with van der Waals surface area (Å²) in [5.74, 6) is 0.617. The molecule has 4 nitrogen and oxygen atoms in total. The first kappa shape index (κ1) is 15.5. The van der Waals surface area contributed by atoms with Gasteiger partial charge in [0.15, 0.2) is 6.61 Å². The number of hydrogen-bond donors (Lipinski definition) is 2. The second-order valence-electron chi connectivity index (χ2n) is 5.74. The number of benzene rings is 1. The molecule has 0 aromatic heterocycles. The molecule has 1 aromatic carbocycles. The van der Waals surface area contributed by atoms with Crippen molar-refractivity contribution < 1.29 is 9.53 Å². The fraction of sp³-hybridized carbons (Fsp3) is 0.533. The molecule has 1 aromatic rings. The van der Waals surface area contributed by atoms with Crippen LogP contribution in [0, 0.1) is 6.92 Å². The first-order valence-electron chi connectivity index (χ1n) is 6.55. The third kappa shape index (κ3) is 5.75. The molecule has 19 heavy (non-hydrogen) atoms. The van der Waals surface area contributed by atoms with Gasteiger partial charge in [-0.05, 0) is 52.3 Å². The maximum Gasteiger partial charge on any atom is 0.258 e. The molecule has 0 aliphatic rings. The predicted molar refractivity (Wildman–Crippen MR) is 77.3 cm³/mol. The lowest BCUT2D eigenvalue weighted by molar-refractivity contribution is -0.124. The Hall–Kier alpha value is -1.55. The number of amides is 1. The third-order valence-electron chi connectivity index (χ3n) is 2.50. The van der Waals surface area contributed by atoms with Gasteiger partial charge < -0.3 is 15.8 Å². The molecule has 0 fully saturated rings. The molecule has 0 saturated heterocycles. The standard InChI is InChI=1S/C15H24N2O2/c1-11-5-6-13(12(9-11)7-8-16)19-10-14(18)17-15(2,3)4/h5-6,9H,7-8,10,16H2,1-4H3,(H,17,18). The molecule has 1 amide bonds. The Kier molecular flexibility index (Phi) is 5.36. The molecule has 106 valence electrons. The van der Waals surface area contributed by atoms with Gasteiger partial charge in [-0.3, -0.25) is 4.79 Å². The summed E-state index contributed by atoms with van der Waals surface area (Å²) in [6, 6.07) is 5.91. The largest absolute Gasteiger partial charge is 0.483 e. The summed E-state index contributed by atoms with van der Waals surface area (Å²) in [5.41, 5.74) is 7.55. The number of carbonyl (C=O) groups is 1. The smallest absolute Gasteiger partial charge is 0.258 e. The minimum Gasteiger partial charge on any atom is -0.483 e. The van der Waals surface area contributed by atoms with Gasteiger partial charge in [0.1, 0.15) is 5.75 Å². The minimum absolute atomic E-state index is 0.0257. The fourth-order valence-electron chi connectivity index (χ4n) is 1.80. The number of carbonyl (C=O) groups excluding carboxylic acids is 1. The molecule has 0 heterocycles. The molecule has 4 heteroatoms. The molecule has 0 aliphatic heterocycles. The maximum absolute atomic E-state index is 11.7. The number of nitrogens with two attached hydrogens (primary N) is 1. The lowest BCUT2D eigenvalue weighted by Crippen LogP contribution is -2.43. The topological polar surface area (TPSA) is 64.3 Å². The van der Waals surface area contributed by atoms with E-state index in [2.05, 4.69) is 5.32 Å². The molecule has 0 saturated carbocycles. The van der Waals surface area contributed by atoms with E-state index in [0.29, 0.717) is 6.54 Å². The van der Waals surface area contributed by atoms with Crippen LogP contribution in [0.3, 0.4) is 0 Å². The SMILES string of the molecule is Cc1ccc(OCC(=O)NC(C)(C)C)c(CCN)c1. The molecule has 0 spiro atoms. The lowest BCUT2D eigenvalue weighted by Gasteiger charge is -2.20. The van der Waals surface area contributed by atoms with E-state index in [1.165, 1.54) is 0 Å². The van der Waals surface area contributed by atoms with Crippen molar-refractivity contribution in [2.75, 3.05) is 13.2 Å². The number of ether oxygens (including phenoxy) is 1. The van der Waals surface area contributed by atoms with E-state index in [9.17, 15) is 4.79 Å². The number of nitrogens with one attached hydrogen (secondary N) is 1. The zero-order valence-electron chi connectivity index (χ0n) is 12.2. The van der Waals surface area contributed by atoms with Gasteiger partial charge in [-0.25, -0.2) is 0 Å². The zero-order chi connectivity index (χ0) is 14.5. The van der Waals surface area contributed by atoms with Crippen LogP contribution < -0.4 is 15.8 Å². The van der Waals surface area contributed by atoms with Gasteiger partial charge in [0.25, 0.3) is 5.91 Å². The molecule has 1 rings (SSSR count). The van der Waals surface area contributed by atoms with Crippen LogP contribution in [0.1, 0.15) is 31.9 Å². The highest BCUT2D eigenvalue weighted by atomic mass is 16.5. The highest BCUT2D eigenvalue weighted by Gasteiger charge is 2.14. The molecule has 0 aliphatic carbocycles. The molecular formula is C15H24N2O2. The number of hydrogen-bond acceptors (Lipinski definition) is 3. The van der Waals surface area contributed by atoms with Gasteiger partial charge >= 0.3 is 0 Å². The Morgan fingerprint density at radius 1 is 1.37 bits per heavy atom. The summed E-state index contributed by atoms with van der Waals surface area (Å²) < 4.78 is 5.58. The van der Waals surface area contributed by atoms with Gasteiger partial charge in [-0.2, -0.15) is 0 Å². The molecule has 3 N–H and O–H groups in total. The van der Waals surface area contributed by atoms with E-state index < -0.39 is 0 Å². The second kappa shape index (κ2) is 6.57. The average molecular weight is 264 g/mol. The summed E-state index contributed by atoms with van der Waals surface area (Å²) in [7, 11) is 0. The van der Waals surface area contributed by atoms with Crippen LogP contribution in [0.2, 0.25) is 0 Å². The summed E-state index contributed by atoms with van der Waals surface area (Å²) in [6.07, 6.45) is 0.748. The lowest BCUT2D eigenvalue weighted by atomic mass is 10.1. The third-order valence-corrected chi connectivity index (χ3v) is 2.50. The van der Waals surface area contributed by atoms with Crippen LogP contribution in [0.4, 0.5) is 0 Å². The fourth-order valence-corrected chi connectivity index (χ4v) is 1.80. The average Bonchev–Trinajstić information content (AvgIpc) is 2.26. The molecular weight excluding hydrogens is 240 g/mol. The van der Waals surface area contributed by atoms with Crippen molar-refractivity contribution in [3.63, 3.8) is 0 Å². The number of aryl methyl sites for hydroxylation is 1. The van der Waals surface area contributed by atoms with Crippen molar-refractivity contribution in [2.45, 2.75) is 39.7 Å². The Balaban J connectivity index is 2.64. The van der Waals surface area contributed by atoms with E-state index in [4.69, 9.17) is 10.5 Å². The van der Waals surface area contributed by atoms with Gasteiger partial charge in [-0.1, -0.05) is 17.7 Å². The van der Waals surface area contributed by atoms with Crippen molar-refractivity contribution in [3.05, 3.63) is 29.3 Å². The second-order valence-corrected chi connectivity index (χ2v) is 5.74. The quantitative estimate of drug-likeness (QED) is 0.852. The normalized spacial score (nSPS) is 11.2. The molecule has 0 bridgehead atoms. The first-order valence-corrected chi connectivity index (χ1v) is 6.55. The van der Waals surface area contributed by atoms with Crippen LogP contribution in [-0.4, -0.2) is 24.6 Å². The van der Waals surface area contributed by atoms with Gasteiger partial charge in [-0.15, -0.1) is 0 Å². The number of rotatable bonds is 5. The summed E-state index contributed by atoms with van der Waals surface area (Å²) in [5, 5.41) is 2.86. The zero-order valence-corrected chi connectivity index (χ0v) is 12.2. The van der Waals surface area contributed by atoms with Crippen LogP contribution >= 0.6 is 0 Å². The maximum atomic E-state index is 11.7. The monoisotopic (exact) mass is 264 g/mol. The van der Waals surface area contributed by atoms with Crippen LogP contribution in [-0.2, 0) is 11.2 Å². The Morgan fingerprint density at radius 2 is 2.05 bits per heavy atom. The van der Waals surface area contributed by atoms with Crippen molar-refractivity contribution in [1.82, 2.24) is 5.32 Å². The molecule has 0 unspecified atom stereocenters. The van der Waals surface area contributed by atoms with Gasteiger partial charge in [0, 0.05) is 5.54 Å². The molecule has 0 radical (unpaired) electrons. The first-order chi connectivity index (χ1) is 8.81. The predicted octanol–water partition coefficient (Wildman–Crippen LogP) is 1.79. The summed E-state index contributed by atoms with van der Waals surface area (Å²) in [6.45, 7) is 8.44. The van der Waals surface area contributed by atoms with E-state index in [-0.39, 0.29) is 18.1 Å². The van der Waals surface area contributed by atoms with Crippen molar-refractivity contribution in [2.24, 2.45) is 5.73 Å².